The second-order valence-corrected chi connectivity index (χ2v) is 12.7. The number of fused-ring (bicyclic) bond motifs is 5. The van der Waals surface area contributed by atoms with E-state index in [9.17, 15) is 0 Å². The molecule has 4 heteroatoms. The zero-order valence-electron chi connectivity index (χ0n) is 27.5. The molecule has 2 heterocycles. The molecule has 0 saturated heterocycles. The number of furan rings is 1. The van der Waals surface area contributed by atoms with Crippen LogP contribution in [0.25, 0.3) is 99.9 Å². The Kier molecular flexibility index (Phi) is 6.78. The van der Waals surface area contributed by atoms with E-state index in [1.165, 1.54) is 22.3 Å². The summed E-state index contributed by atoms with van der Waals surface area (Å²) in [5.74, 6) is 1.83. The van der Waals surface area contributed by atoms with E-state index in [1.54, 1.807) is 0 Å². The third-order valence-corrected chi connectivity index (χ3v) is 9.78. The van der Waals surface area contributed by atoms with Crippen LogP contribution >= 0.6 is 0 Å². The van der Waals surface area contributed by atoms with Gasteiger partial charge in [0.15, 0.2) is 17.5 Å². The molecule has 10 aromatic rings. The van der Waals surface area contributed by atoms with Crippen LogP contribution < -0.4 is 0 Å². The maximum atomic E-state index is 6.30. The molecule has 0 radical (unpaired) electrons. The highest BCUT2D eigenvalue weighted by atomic mass is 16.3. The third kappa shape index (κ3) is 4.88. The van der Waals surface area contributed by atoms with Crippen LogP contribution in [0, 0.1) is 0 Å². The molecule has 0 N–H and O–H groups in total. The van der Waals surface area contributed by atoms with Gasteiger partial charge >= 0.3 is 0 Å². The van der Waals surface area contributed by atoms with Crippen LogP contribution in [0.3, 0.4) is 0 Å². The molecule has 2 aromatic heterocycles. The number of rotatable bonds is 5. The highest BCUT2D eigenvalue weighted by Gasteiger charge is 2.20. The Balaban J connectivity index is 1.26. The van der Waals surface area contributed by atoms with E-state index in [-0.39, 0.29) is 0 Å². The predicted molar refractivity (Wildman–Crippen MR) is 209 cm³/mol. The largest absolute Gasteiger partial charge is 0.456 e. The van der Waals surface area contributed by atoms with Gasteiger partial charge in [0.1, 0.15) is 11.2 Å². The number of benzene rings is 8. The Morgan fingerprint density at radius 3 is 1.20 bits per heavy atom. The highest BCUT2D eigenvalue weighted by molar-refractivity contribution is 6.12. The lowest BCUT2D eigenvalue weighted by Crippen LogP contribution is -2.01. The smallest absolute Gasteiger partial charge is 0.164 e. The van der Waals surface area contributed by atoms with Gasteiger partial charge in [0.05, 0.1) is 0 Å². The van der Waals surface area contributed by atoms with E-state index in [4.69, 9.17) is 19.4 Å². The Labute approximate surface area is 294 Å². The van der Waals surface area contributed by atoms with Crippen molar-refractivity contribution in [2.24, 2.45) is 0 Å². The van der Waals surface area contributed by atoms with Gasteiger partial charge in [-0.3, -0.25) is 0 Å². The Morgan fingerprint density at radius 2 is 0.667 bits per heavy atom. The first-order valence-corrected chi connectivity index (χ1v) is 17.1. The summed E-state index contributed by atoms with van der Waals surface area (Å²) in [6.07, 6.45) is 0. The molecule has 0 aliphatic heterocycles. The molecule has 51 heavy (non-hydrogen) atoms. The lowest BCUT2D eigenvalue weighted by atomic mass is 9.94. The topological polar surface area (TPSA) is 51.8 Å². The third-order valence-electron chi connectivity index (χ3n) is 9.78. The number of nitrogens with zero attached hydrogens (tertiary/aromatic N) is 3. The van der Waals surface area contributed by atoms with Crippen molar-refractivity contribution in [1.82, 2.24) is 15.0 Å². The van der Waals surface area contributed by atoms with E-state index in [1.807, 2.05) is 42.5 Å². The summed E-state index contributed by atoms with van der Waals surface area (Å²) in [5, 5.41) is 6.47. The van der Waals surface area contributed by atoms with Crippen molar-refractivity contribution in [1.29, 1.82) is 0 Å². The van der Waals surface area contributed by atoms with Gasteiger partial charge in [-0.05, 0) is 68.1 Å². The molecule has 0 fully saturated rings. The average Bonchev–Trinajstić information content (AvgIpc) is 3.59. The zero-order chi connectivity index (χ0) is 33.7. The number of hydrogen-bond donors (Lipinski definition) is 0. The van der Waals surface area contributed by atoms with Crippen molar-refractivity contribution in [3.8, 4) is 56.4 Å². The molecule has 0 aliphatic carbocycles. The summed E-state index contributed by atoms with van der Waals surface area (Å²) in [5.41, 5.74) is 9.10. The minimum atomic E-state index is 0.597. The molecule has 8 aromatic carbocycles. The fourth-order valence-electron chi connectivity index (χ4n) is 7.43. The van der Waals surface area contributed by atoms with Crippen LogP contribution in [0.4, 0.5) is 0 Å². The lowest BCUT2D eigenvalue weighted by Gasteiger charge is -2.15. The van der Waals surface area contributed by atoms with Crippen molar-refractivity contribution in [3.05, 3.63) is 176 Å². The van der Waals surface area contributed by atoms with Gasteiger partial charge in [0, 0.05) is 27.5 Å². The minimum absolute atomic E-state index is 0.597. The van der Waals surface area contributed by atoms with Crippen LogP contribution in [-0.4, -0.2) is 15.0 Å². The number of para-hydroxylation sites is 1. The summed E-state index contributed by atoms with van der Waals surface area (Å²) in [6, 6.07) is 61.0. The summed E-state index contributed by atoms with van der Waals surface area (Å²) >= 11 is 0. The van der Waals surface area contributed by atoms with Gasteiger partial charge in [0.25, 0.3) is 0 Å². The Bertz CT molecular complexity index is 2770. The fraction of sp³-hybridized carbons (Fsp3) is 0. The second-order valence-electron chi connectivity index (χ2n) is 12.7. The quantitative estimate of drug-likeness (QED) is 0.186. The summed E-state index contributed by atoms with van der Waals surface area (Å²) in [6.45, 7) is 0. The summed E-state index contributed by atoms with van der Waals surface area (Å²) in [4.78, 5) is 15.8. The van der Waals surface area contributed by atoms with Crippen molar-refractivity contribution >= 4 is 43.5 Å². The molecular weight excluding hydrogens is 623 g/mol. The molecule has 238 valence electrons. The number of aromatic nitrogens is 3. The van der Waals surface area contributed by atoms with Gasteiger partial charge in [-0.15, -0.1) is 0 Å². The van der Waals surface area contributed by atoms with Crippen LogP contribution in [0.2, 0.25) is 0 Å². The van der Waals surface area contributed by atoms with Gasteiger partial charge in [0.2, 0.25) is 0 Å². The van der Waals surface area contributed by atoms with E-state index in [0.29, 0.717) is 17.5 Å². The van der Waals surface area contributed by atoms with Gasteiger partial charge < -0.3 is 4.42 Å². The first-order valence-electron chi connectivity index (χ1n) is 17.1. The molecule has 0 atom stereocenters. The molecule has 0 spiro atoms. The van der Waals surface area contributed by atoms with E-state index >= 15 is 0 Å². The monoisotopic (exact) mass is 651 g/mol. The molecule has 0 unspecified atom stereocenters. The Morgan fingerprint density at radius 1 is 0.275 bits per heavy atom. The van der Waals surface area contributed by atoms with Crippen LogP contribution in [0.15, 0.2) is 180 Å². The molecule has 4 nitrogen and oxygen atoms in total. The van der Waals surface area contributed by atoms with Crippen LogP contribution in [-0.2, 0) is 0 Å². The second kappa shape index (κ2) is 11.9. The van der Waals surface area contributed by atoms with E-state index < -0.39 is 0 Å². The SMILES string of the molecule is c1ccc(-c2ccc(-c3nc(-c4ccc(-c5ccccc5)c5ccccc45)nc(-c4cccc5oc6ccccc6c45)n3)c3ccccc23)cc1. The van der Waals surface area contributed by atoms with E-state index in [0.717, 1.165) is 60.2 Å². The molecule has 0 aliphatic rings. The first kappa shape index (κ1) is 29.0. The molecule has 0 bridgehead atoms. The van der Waals surface area contributed by atoms with Crippen LogP contribution in [0.5, 0.6) is 0 Å². The average molecular weight is 652 g/mol. The normalized spacial score (nSPS) is 11.5. The zero-order valence-corrected chi connectivity index (χ0v) is 27.5. The van der Waals surface area contributed by atoms with E-state index in [2.05, 4.69) is 133 Å². The maximum absolute atomic E-state index is 6.30. The molecular formula is C47H29N3O. The highest BCUT2D eigenvalue weighted by Crippen LogP contribution is 2.40. The molecule has 0 saturated carbocycles. The molecule has 10 rings (SSSR count). The van der Waals surface area contributed by atoms with Crippen molar-refractivity contribution < 1.29 is 4.42 Å². The Hall–Kier alpha value is -6.91. The van der Waals surface area contributed by atoms with Crippen LogP contribution in [0.1, 0.15) is 0 Å². The lowest BCUT2D eigenvalue weighted by molar-refractivity contribution is 0.669. The molecule has 0 amide bonds. The minimum Gasteiger partial charge on any atom is -0.456 e. The number of hydrogen-bond acceptors (Lipinski definition) is 4. The fourth-order valence-corrected chi connectivity index (χ4v) is 7.43. The van der Waals surface area contributed by atoms with Gasteiger partial charge in [-0.2, -0.15) is 0 Å². The standard InChI is InChI=1S/C47H29N3O/c1-3-14-30(15-4-1)32-26-28-38(36-20-9-7-18-34(32)36)45-48-46(39-29-27-33(31-16-5-2-6-17-31)35-19-8-10-21-37(35)39)50-47(49-45)41-23-13-25-43-44(41)40-22-11-12-24-42(40)51-43/h1-29H. The maximum Gasteiger partial charge on any atom is 0.164 e. The van der Waals surface area contributed by atoms with Crippen molar-refractivity contribution in [3.63, 3.8) is 0 Å². The predicted octanol–water partition coefficient (Wildman–Crippen LogP) is 12.4. The van der Waals surface area contributed by atoms with Gasteiger partial charge in [-0.1, -0.05) is 152 Å². The first-order chi connectivity index (χ1) is 25.3. The van der Waals surface area contributed by atoms with Crippen molar-refractivity contribution in [2.75, 3.05) is 0 Å². The van der Waals surface area contributed by atoms with Crippen molar-refractivity contribution in [2.45, 2.75) is 0 Å². The van der Waals surface area contributed by atoms with Gasteiger partial charge in [-0.25, -0.2) is 15.0 Å². The summed E-state index contributed by atoms with van der Waals surface area (Å²) in [7, 11) is 0. The summed E-state index contributed by atoms with van der Waals surface area (Å²) < 4.78 is 6.30.